The topological polar surface area (TPSA) is 111 Å². The monoisotopic (exact) mass is 363 g/mol. The number of sulfonamides is 1. The fourth-order valence-corrected chi connectivity index (χ4v) is 3.31. The van der Waals surface area contributed by atoms with Gasteiger partial charge in [0, 0.05) is 25.2 Å². The molecule has 8 nitrogen and oxygen atoms in total. The van der Waals surface area contributed by atoms with Crippen LogP contribution < -0.4 is 14.8 Å². The molecule has 10 heteroatoms. The Hall–Kier alpha value is -1.68. The molecule has 128 valence electrons. The lowest BCUT2D eigenvalue weighted by Gasteiger charge is -2.15. The number of nitrogens with zero attached hydrogens (tertiary/aromatic N) is 1. The van der Waals surface area contributed by atoms with Gasteiger partial charge in [0.15, 0.2) is 0 Å². The number of nitrogens with one attached hydrogen (secondary N) is 2. The number of hydrogen-bond acceptors (Lipinski definition) is 6. The van der Waals surface area contributed by atoms with E-state index in [0.717, 1.165) is 24.6 Å². The summed E-state index contributed by atoms with van der Waals surface area (Å²) >= 11 is 0. The minimum absolute atomic E-state index is 0. The maximum atomic E-state index is 12.4. The summed E-state index contributed by atoms with van der Waals surface area (Å²) in [7, 11) is -2.58. The van der Waals surface area contributed by atoms with E-state index in [9.17, 15) is 18.5 Å². The molecule has 0 unspecified atom stereocenters. The minimum Gasteiger partial charge on any atom is -0.495 e. The molecule has 0 aliphatic carbocycles. The van der Waals surface area contributed by atoms with E-state index in [1.807, 2.05) is 6.08 Å². The number of benzene rings is 1. The average molecular weight is 364 g/mol. The first-order valence-corrected chi connectivity index (χ1v) is 8.13. The van der Waals surface area contributed by atoms with Crippen LogP contribution in [0.5, 0.6) is 5.75 Å². The first-order chi connectivity index (χ1) is 10.4. The summed E-state index contributed by atoms with van der Waals surface area (Å²) in [5.74, 6) is 0.0670. The third-order valence-corrected chi connectivity index (χ3v) is 4.72. The highest BCUT2D eigenvalue weighted by Gasteiger charge is 2.23. The van der Waals surface area contributed by atoms with E-state index in [2.05, 4.69) is 10.0 Å². The minimum atomic E-state index is -3.90. The summed E-state index contributed by atoms with van der Waals surface area (Å²) in [6, 6.07) is 3.47. The lowest BCUT2D eigenvalue weighted by molar-refractivity contribution is -0.385. The molecule has 0 radical (unpaired) electrons. The molecule has 23 heavy (non-hydrogen) atoms. The second-order valence-electron chi connectivity index (χ2n) is 4.73. The van der Waals surface area contributed by atoms with Crippen molar-refractivity contribution >= 4 is 28.1 Å². The van der Waals surface area contributed by atoms with E-state index in [1.165, 1.54) is 19.2 Å². The predicted octanol–water partition coefficient (Wildman–Crippen LogP) is 1.22. The molecule has 0 spiro atoms. The lowest BCUT2D eigenvalue weighted by atomic mass is 10.1. The van der Waals surface area contributed by atoms with E-state index in [4.69, 9.17) is 4.74 Å². The maximum Gasteiger partial charge on any atom is 0.271 e. The fraction of sp³-hybridized carbons (Fsp3) is 0.385. The van der Waals surface area contributed by atoms with Crippen molar-refractivity contribution in [2.45, 2.75) is 11.3 Å². The van der Waals surface area contributed by atoms with Crippen LogP contribution in [-0.4, -0.2) is 40.1 Å². The average Bonchev–Trinajstić information content (AvgIpc) is 2.53. The van der Waals surface area contributed by atoms with Gasteiger partial charge in [-0.15, -0.1) is 12.4 Å². The number of methoxy groups -OCH3 is 1. The van der Waals surface area contributed by atoms with Crippen molar-refractivity contribution in [3.05, 3.63) is 40.0 Å². The molecule has 0 atom stereocenters. The van der Waals surface area contributed by atoms with E-state index in [1.54, 1.807) is 0 Å². The van der Waals surface area contributed by atoms with Crippen LogP contribution in [0, 0.1) is 10.1 Å². The molecule has 1 aromatic rings. The molecular formula is C13H18ClN3O5S. The van der Waals surface area contributed by atoms with Gasteiger partial charge in [0.2, 0.25) is 10.0 Å². The van der Waals surface area contributed by atoms with Crippen molar-refractivity contribution in [3.63, 3.8) is 0 Å². The van der Waals surface area contributed by atoms with Gasteiger partial charge in [0.1, 0.15) is 10.6 Å². The molecule has 2 rings (SSSR count). The lowest BCUT2D eigenvalue weighted by Crippen LogP contribution is -2.30. The Morgan fingerprint density at radius 1 is 1.43 bits per heavy atom. The van der Waals surface area contributed by atoms with Crippen molar-refractivity contribution in [1.82, 2.24) is 10.0 Å². The standard InChI is InChI=1S/C13H17N3O5S.ClH/c1-21-12-3-2-11(16(17)18)8-13(12)22(19,20)15-9-10-4-6-14-7-5-10;/h2-4,8,14-15H,5-7,9H2,1H3;1H. The fourth-order valence-electron chi connectivity index (χ4n) is 2.08. The summed E-state index contributed by atoms with van der Waals surface area (Å²) in [4.78, 5) is 9.94. The molecule has 0 saturated heterocycles. The zero-order chi connectivity index (χ0) is 16.2. The molecule has 0 saturated carbocycles. The van der Waals surface area contributed by atoms with Gasteiger partial charge in [-0.05, 0) is 19.0 Å². The number of nitro benzene ring substituents is 1. The molecule has 0 amide bonds. The van der Waals surface area contributed by atoms with Crippen molar-refractivity contribution in [1.29, 1.82) is 0 Å². The second kappa shape index (κ2) is 8.25. The quantitative estimate of drug-likeness (QED) is 0.446. The molecule has 1 heterocycles. The zero-order valence-corrected chi connectivity index (χ0v) is 14.1. The van der Waals surface area contributed by atoms with Crippen LogP contribution >= 0.6 is 12.4 Å². The second-order valence-corrected chi connectivity index (χ2v) is 6.47. The van der Waals surface area contributed by atoms with Crippen LogP contribution in [0.4, 0.5) is 5.69 Å². The van der Waals surface area contributed by atoms with Gasteiger partial charge in [-0.1, -0.05) is 11.6 Å². The first kappa shape index (κ1) is 19.4. The van der Waals surface area contributed by atoms with Crippen LogP contribution in [0.25, 0.3) is 0 Å². The summed E-state index contributed by atoms with van der Waals surface area (Å²) in [6.07, 6.45) is 2.69. The highest BCUT2D eigenvalue weighted by molar-refractivity contribution is 7.89. The van der Waals surface area contributed by atoms with Crippen molar-refractivity contribution < 1.29 is 18.1 Å². The molecule has 0 bridgehead atoms. The molecule has 0 fully saturated rings. The molecule has 0 aromatic heterocycles. The third-order valence-electron chi connectivity index (χ3n) is 3.29. The third kappa shape index (κ3) is 4.90. The highest BCUT2D eigenvalue weighted by atomic mass is 35.5. The summed E-state index contributed by atoms with van der Waals surface area (Å²) in [6.45, 7) is 1.68. The van der Waals surface area contributed by atoms with E-state index < -0.39 is 14.9 Å². The van der Waals surface area contributed by atoms with Gasteiger partial charge in [-0.3, -0.25) is 10.1 Å². The summed E-state index contributed by atoms with van der Waals surface area (Å²) < 4.78 is 32.2. The van der Waals surface area contributed by atoms with Gasteiger partial charge in [-0.2, -0.15) is 0 Å². The summed E-state index contributed by atoms with van der Waals surface area (Å²) in [5, 5.41) is 14.0. The smallest absolute Gasteiger partial charge is 0.271 e. The summed E-state index contributed by atoms with van der Waals surface area (Å²) in [5.41, 5.74) is 0.675. The Balaban J connectivity index is 0.00000264. The van der Waals surface area contributed by atoms with Crippen molar-refractivity contribution in [3.8, 4) is 5.75 Å². The zero-order valence-electron chi connectivity index (χ0n) is 12.4. The Morgan fingerprint density at radius 2 is 2.17 bits per heavy atom. The van der Waals surface area contributed by atoms with E-state index in [-0.39, 0.29) is 35.3 Å². The molecular weight excluding hydrogens is 346 g/mol. The number of non-ortho nitro benzene ring substituents is 1. The molecule has 2 N–H and O–H groups in total. The number of ether oxygens (including phenoxy) is 1. The van der Waals surface area contributed by atoms with Gasteiger partial charge in [0.25, 0.3) is 5.69 Å². The van der Waals surface area contributed by atoms with Gasteiger partial charge < -0.3 is 10.1 Å². The highest BCUT2D eigenvalue weighted by Crippen LogP contribution is 2.28. The predicted molar refractivity (Wildman–Crippen MR) is 87.7 cm³/mol. The number of rotatable bonds is 6. The van der Waals surface area contributed by atoms with Gasteiger partial charge in [-0.25, -0.2) is 13.1 Å². The Bertz CT molecular complexity index is 706. The van der Waals surface area contributed by atoms with E-state index >= 15 is 0 Å². The van der Waals surface area contributed by atoms with Crippen LogP contribution in [0.15, 0.2) is 34.7 Å². The van der Waals surface area contributed by atoms with Crippen LogP contribution in [0.1, 0.15) is 6.42 Å². The Morgan fingerprint density at radius 3 is 2.74 bits per heavy atom. The largest absolute Gasteiger partial charge is 0.495 e. The normalized spacial score (nSPS) is 14.6. The Kier molecular flexibility index (Phi) is 6.95. The van der Waals surface area contributed by atoms with Crippen molar-refractivity contribution in [2.24, 2.45) is 0 Å². The SMILES string of the molecule is COc1ccc([N+](=O)[O-])cc1S(=O)(=O)NCC1=CCNCC1.Cl. The molecule has 1 aliphatic rings. The molecule has 1 aliphatic heterocycles. The Labute approximate surface area is 140 Å². The number of hydrogen-bond donors (Lipinski definition) is 2. The van der Waals surface area contributed by atoms with Gasteiger partial charge in [0.05, 0.1) is 12.0 Å². The first-order valence-electron chi connectivity index (χ1n) is 6.65. The van der Waals surface area contributed by atoms with E-state index in [0.29, 0.717) is 6.54 Å². The maximum absolute atomic E-state index is 12.4. The van der Waals surface area contributed by atoms with Crippen LogP contribution in [0.2, 0.25) is 0 Å². The van der Waals surface area contributed by atoms with Gasteiger partial charge >= 0.3 is 0 Å². The van der Waals surface area contributed by atoms with Crippen LogP contribution in [0.3, 0.4) is 0 Å². The molecule has 1 aromatic carbocycles. The number of halogens is 1. The van der Waals surface area contributed by atoms with Crippen LogP contribution in [-0.2, 0) is 10.0 Å². The number of nitro groups is 1. The van der Waals surface area contributed by atoms with Crippen molar-refractivity contribution in [2.75, 3.05) is 26.7 Å².